The molecule has 0 saturated heterocycles. The van der Waals surface area contributed by atoms with E-state index in [0.29, 0.717) is 34.4 Å². The van der Waals surface area contributed by atoms with Crippen LogP contribution in [0.5, 0.6) is 5.88 Å². The number of rotatable bonds is 8. The van der Waals surface area contributed by atoms with Crippen LogP contribution in [0.4, 0.5) is 0 Å². The standard InChI is InChI=1S/C16H21N3O5S/c1-9-12-14(24-4)17-10(8-23-3)18-15(12)25-13(9)16(22)19(2)7-5-6-11(20)21/h5-8H2,1-4H3,(H,20,21). The number of carboxylic acids is 1. The Morgan fingerprint density at radius 3 is 2.60 bits per heavy atom. The molecule has 9 heteroatoms. The molecule has 0 radical (unpaired) electrons. The zero-order valence-electron chi connectivity index (χ0n) is 14.7. The fourth-order valence-electron chi connectivity index (χ4n) is 2.43. The predicted octanol–water partition coefficient (Wildman–Crippen LogP) is 2.09. The summed E-state index contributed by atoms with van der Waals surface area (Å²) in [4.78, 5) is 34.8. The van der Waals surface area contributed by atoms with Crippen molar-refractivity contribution in [2.45, 2.75) is 26.4 Å². The molecule has 136 valence electrons. The van der Waals surface area contributed by atoms with Crippen molar-refractivity contribution in [3.8, 4) is 5.88 Å². The van der Waals surface area contributed by atoms with E-state index in [2.05, 4.69) is 9.97 Å². The van der Waals surface area contributed by atoms with Gasteiger partial charge in [0.2, 0.25) is 5.88 Å². The maximum atomic E-state index is 12.7. The minimum atomic E-state index is -0.871. The summed E-state index contributed by atoms with van der Waals surface area (Å²) in [5.74, 6) is -0.133. The van der Waals surface area contributed by atoms with Gasteiger partial charge in [-0.3, -0.25) is 9.59 Å². The first-order valence-corrected chi connectivity index (χ1v) is 8.50. The molecule has 0 bridgehead atoms. The molecule has 1 amide bonds. The van der Waals surface area contributed by atoms with Crippen LogP contribution in [-0.4, -0.2) is 59.7 Å². The molecule has 0 aliphatic carbocycles. The molecule has 1 N–H and O–H groups in total. The van der Waals surface area contributed by atoms with Gasteiger partial charge in [-0.1, -0.05) is 0 Å². The Morgan fingerprint density at radius 1 is 1.28 bits per heavy atom. The van der Waals surface area contributed by atoms with E-state index in [1.165, 1.54) is 23.3 Å². The summed E-state index contributed by atoms with van der Waals surface area (Å²) in [6.45, 7) is 2.46. The average molecular weight is 367 g/mol. The summed E-state index contributed by atoms with van der Waals surface area (Å²) in [6.07, 6.45) is 0.436. The van der Waals surface area contributed by atoms with Gasteiger partial charge in [0.15, 0.2) is 5.82 Å². The van der Waals surface area contributed by atoms with Crippen molar-refractivity contribution in [1.29, 1.82) is 0 Å². The van der Waals surface area contributed by atoms with Gasteiger partial charge in [0.05, 0.1) is 17.4 Å². The van der Waals surface area contributed by atoms with Crippen LogP contribution in [0, 0.1) is 6.92 Å². The molecule has 0 aliphatic rings. The van der Waals surface area contributed by atoms with Gasteiger partial charge in [0.25, 0.3) is 5.91 Å². The summed E-state index contributed by atoms with van der Waals surface area (Å²) < 4.78 is 10.4. The van der Waals surface area contributed by atoms with Gasteiger partial charge in [-0.05, 0) is 18.9 Å². The second-order valence-electron chi connectivity index (χ2n) is 5.54. The highest BCUT2D eigenvalue weighted by atomic mass is 32.1. The Kier molecular flexibility index (Phi) is 6.27. The Hall–Kier alpha value is -2.26. The second-order valence-corrected chi connectivity index (χ2v) is 6.54. The summed E-state index contributed by atoms with van der Waals surface area (Å²) in [6, 6.07) is 0. The van der Waals surface area contributed by atoms with E-state index < -0.39 is 5.97 Å². The fourth-order valence-corrected chi connectivity index (χ4v) is 3.62. The average Bonchev–Trinajstić information content (AvgIpc) is 2.90. The lowest BCUT2D eigenvalue weighted by atomic mass is 10.2. The molecule has 8 nitrogen and oxygen atoms in total. The molecule has 0 saturated carbocycles. The number of aliphatic carboxylic acids is 1. The smallest absolute Gasteiger partial charge is 0.303 e. The van der Waals surface area contributed by atoms with Gasteiger partial charge in [-0.15, -0.1) is 11.3 Å². The summed E-state index contributed by atoms with van der Waals surface area (Å²) >= 11 is 1.28. The number of ether oxygens (including phenoxy) is 2. The maximum absolute atomic E-state index is 12.7. The number of aryl methyl sites for hydroxylation is 1. The van der Waals surface area contributed by atoms with Gasteiger partial charge >= 0.3 is 5.97 Å². The number of carbonyl (C=O) groups excluding carboxylic acids is 1. The number of amides is 1. The number of carbonyl (C=O) groups is 2. The van der Waals surface area contributed by atoms with Crippen LogP contribution in [0.2, 0.25) is 0 Å². The van der Waals surface area contributed by atoms with Gasteiger partial charge in [0.1, 0.15) is 11.4 Å². The molecule has 2 heterocycles. The predicted molar refractivity (Wildman–Crippen MR) is 93.2 cm³/mol. The van der Waals surface area contributed by atoms with Crippen molar-refractivity contribution in [2.24, 2.45) is 0 Å². The first kappa shape index (κ1) is 19.1. The number of thiophene rings is 1. The van der Waals surface area contributed by atoms with Crippen molar-refractivity contribution < 1.29 is 24.2 Å². The third-order valence-corrected chi connectivity index (χ3v) is 4.87. The van der Waals surface area contributed by atoms with Crippen LogP contribution < -0.4 is 4.74 Å². The van der Waals surface area contributed by atoms with Gasteiger partial charge in [-0.2, -0.15) is 4.98 Å². The molecule has 0 spiro atoms. The van der Waals surface area contributed by atoms with E-state index in [9.17, 15) is 9.59 Å². The number of hydrogen-bond donors (Lipinski definition) is 1. The fraction of sp³-hybridized carbons (Fsp3) is 0.500. The van der Waals surface area contributed by atoms with Gasteiger partial charge in [0, 0.05) is 27.1 Å². The number of nitrogens with zero attached hydrogens (tertiary/aromatic N) is 3. The van der Waals surface area contributed by atoms with Crippen molar-refractivity contribution in [3.05, 3.63) is 16.3 Å². The lowest BCUT2D eigenvalue weighted by Gasteiger charge is -2.16. The highest BCUT2D eigenvalue weighted by molar-refractivity contribution is 7.20. The molecular weight excluding hydrogens is 346 g/mol. The lowest BCUT2D eigenvalue weighted by Crippen LogP contribution is -2.27. The van der Waals surface area contributed by atoms with Gasteiger partial charge in [-0.25, -0.2) is 4.98 Å². The minimum Gasteiger partial charge on any atom is -0.481 e. The molecule has 0 fully saturated rings. The van der Waals surface area contributed by atoms with Crippen LogP contribution in [0.15, 0.2) is 0 Å². The lowest BCUT2D eigenvalue weighted by molar-refractivity contribution is -0.137. The zero-order valence-corrected chi connectivity index (χ0v) is 15.5. The largest absolute Gasteiger partial charge is 0.481 e. The quantitative estimate of drug-likeness (QED) is 0.762. The van der Waals surface area contributed by atoms with Crippen molar-refractivity contribution in [2.75, 3.05) is 27.8 Å². The Balaban J connectivity index is 2.33. The van der Waals surface area contributed by atoms with Gasteiger partial charge < -0.3 is 19.5 Å². The van der Waals surface area contributed by atoms with Crippen LogP contribution in [0.25, 0.3) is 10.2 Å². The highest BCUT2D eigenvalue weighted by Crippen LogP contribution is 2.35. The number of hydrogen-bond acceptors (Lipinski definition) is 7. The second kappa shape index (κ2) is 8.21. The normalized spacial score (nSPS) is 10.9. The summed E-state index contributed by atoms with van der Waals surface area (Å²) in [7, 11) is 4.74. The summed E-state index contributed by atoms with van der Waals surface area (Å²) in [5, 5.41) is 9.43. The van der Waals surface area contributed by atoms with E-state index in [-0.39, 0.29) is 18.9 Å². The Morgan fingerprint density at radius 2 is 2.00 bits per heavy atom. The van der Waals surface area contributed by atoms with Crippen molar-refractivity contribution >= 4 is 33.4 Å². The number of fused-ring (bicyclic) bond motifs is 1. The number of carboxylic acid groups (broad SMARTS) is 1. The number of aromatic nitrogens is 2. The molecule has 2 aromatic heterocycles. The first-order valence-electron chi connectivity index (χ1n) is 7.69. The minimum absolute atomic E-state index is 0.0305. The third kappa shape index (κ3) is 4.23. The molecule has 0 atom stereocenters. The summed E-state index contributed by atoms with van der Waals surface area (Å²) in [5.41, 5.74) is 0.760. The molecule has 25 heavy (non-hydrogen) atoms. The molecule has 2 rings (SSSR count). The molecule has 0 unspecified atom stereocenters. The number of methoxy groups -OCH3 is 2. The molecule has 2 aromatic rings. The first-order chi connectivity index (χ1) is 11.9. The van der Waals surface area contributed by atoms with Crippen LogP contribution in [0.1, 0.15) is 33.9 Å². The molecular formula is C16H21N3O5S. The monoisotopic (exact) mass is 367 g/mol. The topological polar surface area (TPSA) is 102 Å². The van der Waals surface area contributed by atoms with E-state index in [1.807, 2.05) is 6.92 Å². The van der Waals surface area contributed by atoms with Crippen molar-refractivity contribution in [1.82, 2.24) is 14.9 Å². The van der Waals surface area contributed by atoms with E-state index in [1.54, 1.807) is 14.2 Å². The zero-order chi connectivity index (χ0) is 18.6. The SMILES string of the molecule is COCc1nc(OC)c2c(C)c(C(=O)N(C)CCCC(=O)O)sc2n1. The van der Waals surface area contributed by atoms with Crippen LogP contribution >= 0.6 is 11.3 Å². The molecule has 0 aromatic carbocycles. The van der Waals surface area contributed by atoms with E-state index >= 15 is 0 Å². The third-order valence-electron chi connectivity index (χ3n) is 3.70. The highest BCUT2D eigenvalue weighted by Gasteiger charge is 2.23. The Bertz CT molecular complexity index is 790. The Labute approximate surface area is 149 Å². The van der Waals surface area contributed by atoms with Crippen LogP contribution in [0.3, 0.4) is 0 Å². The van der Waals surface area contributed by atoms with Crippen molar-refractivity contribution in [3.63, 3.8) is 0 Å². The van der Waals surface area contributed by atoms with E-state index in [4.69, 9.17) is 14.6 Å². The van der Waals surface area contributed by atoms with E-state index in [0.717, 1.165) is 10.9 Å². The maximum Gasteiger partial charge on any atom is 0.303 e. The van der Waals surface area contributed by atoms with Crippen LogP contribution in [-0.2, 0) is 16.1 Å². The molecule has 0 aliphatic heterocycles.